The molecule has 0 fully saturated rings. The minimum Gasteiger partial charge on any atom is -0.381 e. The Balaban J connectivity index is 2.98. The molecule has 1 atom stereocenters. The molecule has 0 saturated carbocycles. The summed E-state index contributed by atoms with van der Waals surface area (Å²) in [5.74, 6) is 0. The standard InChI is InChI=1S/C16H35NO/c1-4-6-7-8-9-11-14-18-15-12-10-13-16(3)17-5-2/h16-17H,4-15H2,1-3H3. The van der Waals surface area contributed by atoms with Crippen molar-refractivity contribution in [1.82, 2.24) is 5.32 Å². The molecule has 0 aromatic carbocycles. The fourth-order valence-corrected chi connectivity index (χ4v) is 2.19. The molecule has 2 nitrogen and oxygen atoms in total. The van der Waals surface area contributed by atoms with Gasteiger partial charge in [0.05, 0.1) is 0 Å². The molecule has 0 aliphatic carbocycles. The van der Waals surface area contributed by atoms with E-state index in [1.165, 1.54) is 57.8 Å². The second-order valence-corrected chi connectivity index (χ2v) is 5.33. The Morgan fingerprint density at radius 1 is 0.833 bits per heavy atom. The van der Waals surface area contributed by atoms with Gasteiger partial charge in [-0.15, -0.1) is 0 Å². The van der Waals surface area contributed by atoms with Crippen LogP contribution in [0.3, 0.4) is 0 Å². The number of ether oxygens (including phenoxy) is 1. The Labute approximate surface area is 115 Å². The zero-order valence-corrected chi connectivity index (χ0v) is 13.0. The summed E-state index contributed by atoms with van der Waals surface area (Å²) in [5.41, 5.74) is 0. The van der Waals surface area contributed by atoms with Crippen molar-refractivity contribution in [2.75, 3.05) is 19.8 Å². The molecule has 0 aromatic rings. The van der Waals surface area contributed by atoms with Crippen LogP contribution in [0.15, 0.2) is 0 Å². The monoisotopic (exact) mass is 257 g/mol. The lowest BCUT2D eigenvalue weighted by Gasteiger charge is -2.11. The maximum atomic E-state index is 5.66. The second kappa shape index (κ2) is 15.0. The van der Waals surface area contributed by atoms with E-state index in [-0.39, 0.29) is 0 Å². The number of nitrogens with one attached hydrogen (secondary N) is 1. The van der Waals surface area contributed by atoms with E-state index in [1.54, 1.807) is 0 Å². The van der Waals surface area contributed by atoms with Gasteiger partial charge >= 0.3 is 0 Å². The molecule has 0 aromatic heterocycles. The van der Waals surface area contributed by atoms with Crippen molar-refractivity contribution in [2.24, 2.45) is 0 Å². The first kappa shape index (κ1) is 17.9. The maximum Gasteiger partial charge on any atom is 0.0466 e. The zero-order valence-electron chi connectivity index (χ0n) is 13.0. The van der Waals surface area contributed by atoms with Crippen LogP contribution in [-0.2, 0) is 4.74 Å². The van der Waals surface area contributed by atoms with Gasteiger partial charge < -0.3 is 10.1 Å². The lowest BCUT2D eigenvalue weighted by molar-refractivity contribution is 0.125. The summed E-state index contributed by atoms with van der Waals surface area (Å²) >= 11 is 0. The molecule has 110 valence electrons. The summed E-state index contributed by atoms with van der Waals surface area (Å²) in [6.45, 7) is 9.69. The van der Waals surface area contributed by atoms with Gasteiger partial charge in [-0.25, -0.2) is 0 Å². The molecule has 1 N–H and O–H groups in total. The van der Waals surface area contributed by atoms with Gasteiger partial charge in [-0.1, -0.05) is 46.0 Å². The van der Waals surface area contributed by atoms with Gasteiger partial charge in [-0.3, -0.25) is 0 Å². The quantitative estimate of drug-likeness (QED) is 0.462. The minimum atomic E-state index is 0.661. The highest BCUT2D eigenvalue weighted by Crippen LogP contribution is 2.05. The molecule has 0 rings (SSSR count). The van der Waals surface area contributed by atoms with Gasteiger partial charge in [-0.2, -0.15) is 0 Å². The summed E-state index contributed by atoms with van der Waals surface area (Å²) in [5, 5.41) is 3.44. The van der Waals surface area contributed by atoms with E-state index < -0.39 is 0 Å². The van der Waals surface area contributed by atoms with E-state index in [2.05, 4.69) is 26.1 Å². The summed E-state index contributed by atoms with van der Waals surface area (Å²) in [6.07, 6.45) is 11.9. The average molecular weight is 257 g/mol. The smallest absolute Gasteiger partial charge is 0.0466 e. The van der Waals surface area contributed by atoms with Gasteiger partial charge in [0.2, 0.25) is 0 Å². The molecule has 2 heteroatoms. The highest BCUT2D eigenvalue weighted by Gasteiger charge is 1.98. The summed E-state index contributed by atoms with van der Waals surface area (Å²) in [7, 11) is 0. The Morgan fingerprint density at radius 3 is 2.11 bits per heavy atom. The Bertz CT molecular complexity index is 150. The van der Waals surface area contributed by atoms with E-state index >= 15 is 0 Å². The summed E-state index contributed by atoms with van der Waals surface area (Å²) in [4.78, 5) is 0. The van der Waals surface area contributed by atoms with E-state index in [9.17, 15) is 0 Å². The highest BCUT2D eigenvalue weighted by atomic mass is 16.5. The van der Waals surface area contributed by atoms with Crippen molar-refractivity contribution in [3.05, 3.63) is 0 Å². The molecule has 0 amide bonds. The van der Waals surface area contributed by atoms with Crippen LogP contribution in [-0.4, -0.2) is 25.8 Å². The summed E-state index contributed by atoms with van der Waals surface area (Å²) < 4.78 is 5.66. The Morgan fingerprint density at radius 2 is 1.44 bits per heavy atom. The maximum absolute atomic E-state index is 5.66. The highest BCUT2D eigenvalue weighted by molar-refractivity contribution is 4.58. The van der Waals surface area contributed by atoms with Crippen LogP contribution in [0.1, 0.15) is 78.6 Å². The molecule has 0 radical (unpaired) electrons. The first-order valence-corrected chi connectivity index (χ1v) is 8.12. The molecule has 0 aliphatic heterocycles. The van der Waals surface area contributed by atoms with Crippen LogP contribution >= 0.6 is 0 Å². The molecule has 0 heterocycles. The largest absolute Gasteiger partial charge is 0.381 e. The van der Waals surface area contributed by atoms with E-state index in [0.717, 1.165) is 19.8 Å². The Kier molecular flexibility index (Phi) is 14.9. The number of hydrogen-bond donors (Lipinski definition) is 1. The molecule has 0 spiro atoms. The average Bonchev–Trinajstić information content (AvgIpc) is 2.36. The molecule has 0 bridgehead atoms. The first-order chi connectivity index (χ1) is 8.81. The van der Waals surface area contributed by atoms with Gasteiger partial charge in [0.15, 0.2) is 0 Å². The topological polar surface area (TPSA) is 21.3 Å². The van der Waals surface area contributed by atoms with E-state index in [4.69, 9.17) is 4.74 Å². The third kappa shape index (κ3) is 14.0. The van der Waals surface area contributed by atoms with Crippen LogP contribution in [0, 0.1) is 0 Å². The molecule has 18 heavy (non-hydrogen) atoms. The molecule has 0 aliphatic rings. The number of rotatable bonds is 14. The third-order valence-electron chi connectivity index (χ3n) is 3.37. The number of unbranched alkanes of at least 4 members (excludes halogenated alkanes) is 6. The molecular weight excluding hydrogens is 222 g/mol. The molecule has 0 saturated heterocycles. The minimum absolute atomic E-state index is 0.661. The van der Waals surface area contributed by atoms with Crippen LogP contribution in [0.4, 0.5) is 0 Å². The van der Waals surface area contributed by atoms with Crippen LogP contribution in [0.5, 0.6) is 0 Å². The van der Waals surface area contributed by atoms with Crippen molar-refractivity contribution in [1.29, 1.82) is 0 Å². The third-order valence-corrected chi connectivity index (χ3v) is 3.37. The predicted molar refractivity (Wildman–Crippen MR) is 81.2 cm³/mol. The predicted octanol–water partition coefficient (Wildman–Crippen LogP) is 4.53. The second-order valence-electron chi connectivity index (χ2n) is 5.33. The SMILES string of the molecule is CCCCCCCCOCCCCC(C)NCC. The van der Waals surface area contributed by atoms with Crippen molar-refractivity contribution >= 4 is 0 Å². The zero-order chi connectivity index (χ0) is 13.5. The van der Waals surface area contributed by atoms with Gasteiger partial charge in [-0.05, 0) is 39.2 Å². The lowest BCUT2D eigenvalue weighted by Crippen LogP contribution is -2.25. The first-order valence-electron chi connectivity index (χ1n) is 8.12. The number of hydrogen-bond acceptors (Lipinski definition) is 2. The normalized spacial score (nSPS) is 12.8. The summed E-state index contributed by atoms with van der Waals surface area (Å²) in [6, 6.07) is 0.661. The Hall–Kier alpha value is -0.0800. The van der Waals surface area contributed by atoms with Gasteiger partial charge in [0.1, 0.15) is 0 Å². The van der Waals surface area contributed by atoms with Crippen LogP contribution < -0.4 is 5.32 Å². The fourth-order valence-electron chi connectivity index (χ4n) is 2.19. The van der Waals surface area contributed by atoms with E-state index in [0.29, 0.717) is 6.04 Å². The van der Waals surface area contributed by atoms with Crippen molar-refractivity contribution in [2.45, 2.75) is 84.6 Å². The molecule has 1 unspecified atom stereocenters. The van der Waals surface area contributed by atoms with Crippen molar-refractivity contribution < 1.29 is 4.74 Å². The van der Waals surface area contributed by atoms with Crippen molar-refractivity contribution in [3.63, 3.8) is 0 Å². The van der Waals surface area contributed by atoms with E-state index in [1.807, 2.05) is 0 Å². The molecular formula is C16H35NO. The lowest BCUT2D eigenvalue weighted by atomic mass is 10.1. The fraction of sp³-hybridized carbons (Fsp3) is 1.00. The van der Waals surface area contributed by atoms with Gasteiger partial charge in [0, 0.05) is 19.3 Å². The van der Waals surface area contributed by atoms with Crippen molar-refractivity contribution in [3.8, 4) is 0 Å². The van der Waals surface area contributed by atoms with Crippen LogP contribution in [0.25, 0.3) is 0 Å². The van der Waals surface area contributed by atoms with Crippen LogP contribution in [0.2, 0.25) is 0 Å². The van der Waals surface area contributed by atoms with Gasteiger partial charge in [0.25, 0.3) is 0 Å².